The Hall–Kier alpha value is -2.76. The predicted molar refractivity (Wildman–Crippen MR) is 101 cm³/mol. The molecular weight excluding hydrogens is 356 g/mol. The zero-order valence-corrected chi connectivity index (χ0v) is 16.0. The molecule has 2 fully saturated rings. The van der Waals surface area contributed by atoms with Crippen molar-refractivity contribution in [2.75, 3.05) is 32.8 Å². The molecule has 2 saturated heterocycles. The van der Waals surface area contributed by atoms with Gasteiger partial charge in [0, 0.05) is 45.3 Å². The van der Waals surface area contributed by atoms with Crippen LogP contribution in [-0.2, 0) is 18.3 Å². The number of amides is 1. The summed E-state index contributed by atoms with van der Waals surface area (Å²) >= 11 is 0. The van der Waals surface area contributed by atoms with E-state index in [4.69, 9.17) is 10.00 Å². The fourth-order valence-corrected chi connectivity index (χ4v) is 3.96. The fourth-order valence-electron chi connectivity index (χ4n) is 3.96. The number of aromatic nitrogens is 3. The number of carbonyl (C=O) groups is 1. The zero-order chi connectivity index (χ0) is 19.6. The van der Waals surface area contributed by atoms with Gasteiger partial charge in [-0.2, -0.15) is 5.26 Å². The van der Waals surface area contributed by atoms with Gasteiger partial charge in [0.25, 0.3) is 5.91 Å². The second-order valence-corrected chi connectivity index (χ2v) is 7.53. The lowest BCUT2D eigenvalue weighted by molar-refractivity contribution is -0.128. The van der Waals surface area contributed by atoms with E-state index in [1.165, 1.54) is 6.20 Å². The van der Waals surface area contributed by atoms with Gasteiger partial charge >= 0.3 is 0 Å². The van der Waals surface area contributed by atoms with Crippen LogP contribution in [0.3, 0.4) is 0 Å². The summed E-state index contributed by atoms with van der Waals surface area (Å²) in [6.45, 7) is 4.41. The van der Waals surface area contributed by atoms with Gasteiger partial charge in [0.1, 0.15) is 17.6 Å². The maximum absolute atomic E-state index is 12.9. The normalized spacial score (nSPS) is 19.5. The highest BCUT2D eigenvalue weighted by Crippen LogP contribution is 2.31. The molecule has 0 saturated carbocycles. The summed E-state index contributed by atoms with van der Waals surface area (Å²) in [5, 5.41) is 8.87. The van der Waals surface area contributed by atoms with Gasteiger partial charge in [-0.3, -0.25) is 9.69 Å². The molecule has 2 aromatic heterocycles. The summed E-state index contributed by atoms with van der Waals surface area (Å²) in [4.78, 5) is 25.5. The fraction of sp³-hybridized carbons (Fsp3) is 0.500. The van der Waals surface area contributed by atoms with Crippen molar-refractivity contribution in [3.05, 3.63) is 47.8 Å². The van der Waals surface area contributed by atoms with E-state index in [1.54, 1.807) is 12.1 Å². The molecule has 4 rings (SSSR count). The van der Waals surface area contributed by atoms with Crippen LogP contribution in [0.4, 0.5) is 0 Å². The lowest BCUT2D eigenvalue weighted by Gasteiger charge is -2.47. The number of likely N-dealkylation sites (tertiary alicyclic amines) is 1. The molecule has 0 bridgehead atoms. The van der Waals surface area contributed by atoms with Crippen molar-refractivity contribution in [1.29, 1.82) is 5.26 Å². The van der Waals surface area contributed by atoms with Crippen LogP contribution < -0.4 is 0 Å². The number of ether oxygens (including phenoxy) is 1. The van der Waals surface area contributed by atoms with E-state index in [1.807, 2.05) is 35.0 Å². The molecular formula is C20H24N6O2. The Kier molecular flexibility index (Phi) is 5.11. The first-order valence-electron chi connectivity index (χ1n) is 9.56. The molecule has 8 nitrogen and oxygen atoms in total. The topological polar surface area (TPSA) is 87.3 Å². The largest absolute Gasteiger partial charge is 0.371 e. The Balaban J connectivity index is 1.37. The van der Waals surface area contributed by atoms with E-state index in [2.05, 4.69) is 14.9 Å². The van der Waals surface area contributed by atoms with Crippen LogP contribution in [0.25, 0.3) is 0 Å². The number of pyridine rings is 1. The minimum Gasteiger partial charge on any atom is -0.371 e. The smallest absolute Gasteiger partial charge is 0.255 e. The third-order valence-electron chi connectivity index (χ3n) is 5.71. The van der Waals surface area contributed by atoms with Crippen LogP contribution in [0.1, 0.15) is 34.7 Å². The van der Waals surface area contributed by atoms with Crippen LogP contribution in [0.15, 0.2) is 30.7 Å². The van der Waals surface area contributed by atoms with E-state index < -0.39 is 0 Å². The van der Waals surface area contributed by atoms with Crippen LogP contribution in [0.5, 0.6) is 0 Å². The van der Waals surface area contributed by atoms with Crippen molar-refractivity contribution >= 4 is 5.91 Å². The van der Waals surface area contributed by atoms with Gasteiger partial charge in [0.2, 0.25) is 0 Å². The van der Waals surface area contributed by atoms with Crippen molar-refractivity contribution in [3.63, 3.8) is 0 Å². The van der Waals surface area contributed by atoms with E-state index >= 15 is 0 Å². The third-order valence-corrected chi connectivity index (χ3v) is 5.71. The summed E-state index contributed by atoms with van der Waals surface area (Å²) < 4.78 is 8.22. The quantitative estimate of drug-likeness (QED) is 0.795. The Labute approximate surface area is 164 Å². The van der Waals surface area contributed by atoms with Gasteiger partial charge in [-0.15, -0.1) is 0 Å². The number of morpholine rings is 1. The number of piperidine rings is 1. The number of carbonyl (C=O) groups excluding carboxylic acids is 1. The Morgan fingerprint density at radius 1 is 1.29 bits per heavy atom. The number of nitriles is 1. The Morgan fingerprint density at radius 2 is 2.11 bits per heavy atom. The number of imidazole rings is 1. The van der Waals surface area contributed by atoms with Crippen molar-refractivity contribution < 1.29 is 9.53 Å². The number of rotatable bonds is 3. The van der Waals surface area contributed by atoms with Gasteiger partial charge in [-0.05, 0) is 25.0 Å². The monoisotopic (exact) mass is 380 g/mol. The maximum Gasteiger partial charge on any atom is 0.255 e. The van der Waals surface area contributed by atoms with E-state index in [9.17, 15) is 4.79 Å². The SMILES string of the molecule is Cn1ccnc1CN1CCC2(CC1)CN(C(=O)c1ccc(C#N)nc1)CCO2. The molecule has 4 heterocycles. The van der Waals surface area contributed by atoms with Gasteiger partial charge in [0.15, 0.2) is 0 Å². The molecule has 1 amide bonds. The molecule has 2 aromatic rings. The van der Waals surface area contributed by atoms with Crippen molar-refractivity contribution in [3.8, 4) is 6.07 Å². The Bertz CT molecular complexity index is 877. The Morgan fingerprint density at radius 3 is 2.75 bits per heavy atom. The van der Waals surface area contributed by atoms with Crippen LogP contribution >= 0.6 is 0 Å². The standard InChI is InChI=1S/C20H24N6O2/c1-24-9-6-22-18(24)14-25-7-4-20(5-8-25)15-26(10-11-28-20)19(27)16-2-3-17(12-21)23-13-16/h2-3,6,9,13H,4-5,7-8,10-11,14-15H2,1H3. The highest BCUT2D eigenvalue weighted by molar-refractivity contribution is 5.94. The molecule has 0 aromatic carbocycles. The van der Waals surface area contributed by atoms with Crippen molar-refractivity contribution in [1.82, 2.24) is 24.3 Å². The number of hydrogen-bond acceptors (Lipinski definition) is 6. The minimum atomic E-state index is -0.272. The average molecular weight is 380 g/mol. The van der Waals surface area contributed by atoms with Gasteiger partial charge in [-0.25, -0.2) is 9.97 Å². The van der Waals surface area contributed by atoms with Crippen LogP contribution in [-0.4, -0.2) is 68.6 Å². The first kappa shape index (κ1) is 18.6. The molecule has 146 valence electrons. The summed E-state index contributed by atoms with van der Waals surface area (Å²) in [6, 6.07) is 5.23. The predicted octanol–water partition coefficient (Wildman–Crippen LogP) is 1.19. The number of hydrogen-bond donors (Lipinski definition) is 0. The van der Waals surface area contributed by atoms with Gasteiger partial charge in [-0.1, -0.05) is 0 Å². The second kappa shape index (κ2) is 7.70. The van der Waals surface area contributed by atoms with Gasteiger partial charge in [0.05, 0.1) is 30.9 Å². The number of nitrogens with zero attached hydrogens (tertiary/aromatic N) is 6. The summed E-state index contributed by atoms with van der Waals surface area (Å²) in [5.41, 5.74) is 0.560. The summed E-state index contributed by atoms with van der Waals surface area (Å²) in [7, 11) is 2.01. The first-order chi connectivity index (χ1) is 13.6. The molecule has 0 atom stereocenters. The molecule has 0 unspecified atom stereocenters. The van der Waals surface area contributed by atoms with Crippen LogP contribution in [0.2, 0.25) is 0 Å². The molecule has 8 heteroatoms. The van der Waals surface area contributed by atoms with E-state index in [0.29, 0.717) is 31.0 Å². The van der Waals surface area contributed by atoms with E-state index in [0.717, 1.165) is 38.3 Å². The minimum absolute atomic E-state index is 0.0462. The molecule has 28 heavy (non-hydrogen) atoms. The maximum atomic E-state index is 12.9. The van der Waals surface area contributed by atoms with Gasteiger partial charge < -0.3 is 14.2 Å². The molecule has 0 N–H and O–H groups in total. The highest BCUT2D eigenvalue weighted by atomic mass is 16.5. The van der Waals surface area contributed by atoms with Crippen molar-refractivity contribution in [2.24, 2.45) is 7.05 Å². The molecule has 2 aliphatic rings. The van der Waals surface area contributed by atoms with E-state index in [-0.39, 0.29) is 11.5 Å². The lowest BCUT2D eigenvalue weighted by atomic mass is 9.89. The highest BCUT2D eigenvalue weighted by Gasteiger charge is 2.41. The second-order valence-electron chi connectivity index (χ2n) is 7.53. The summed E-state index contributed by atoms with van der Waals surface area (Å²) in [6.07, 6.45) is 7.07. The first-order valence-corrected chi connectivity index (χ1v) is 9.56. The summed E-state index contributed by atoms with van der Waals surface area (Å²) in [5.74, 6) is 1.01. The molecule has 0 radical (unpaired) electrons. The lowest BCUT2D eigenvalue weighted by Crippen LogP contribution is -2.58. The molecule has 1 spiro atoms. The molecule has 0 aliphatic carbocycles. The third kappa shape index (κ3) is 3.77. The van der Waals surface area contributed by atoms with Crippen molar-refractivity contribution in [2.45, 2.75) is 25.0 Å². The molecule has 2 aliphatic heterocycles. The number of aryl methyl sites for hydroxylation is 1. The zero-order valence-electron chi connectivity index (χ0n) is 16.0. The average Bonchev–Trinajstić information content (AvgIpc) is 3.14. The van der Waals surface area contributed by atoms with Crippen LogP contribution in [0, 0.1) is 11.3 Å².